The first kappa shape index (κ1) is 13.5. The Labute approximate surface area is 99.0 Å². The van der Waals surface area contributed by atoms with Crippen LogP contribution in [-0.4, -0.2) is 62.0 Å². The summed E-state index contributed by atoms with van der Waals surface area (Å²) >= 11 is 0. The van der Waals surface area contributed by atoms with Gasteiger partial charge in [-0.15, -0.1) is 0 Å². The number of carbonyl (C=O) groups excluding carboxylic acids is 1. The molecule has 0 radical (unpaired) electrons. The highest BCUT2D eigenvalue weighted by atomic mass is 16.2. The Morgan fingerprint density at radius 2 is 2.06 bits per heavy atom. The number of piperazine rings is 1. The number of amides is 1. The molecule has 4 heteroatoms. The Hall–Kier alpha value is -0.610. The summed E-state index contributed by atoms with van der Waals surface area (Å²) in [7, 11) is 1.92. The SMILES string of the molecule is CCCCC(=O)N(C)CCN1CCNCC1. The fraction of sp³-hybridized carbons (Fsp3) is 0.917. The molecule has 1 aliphatic rings. The summed E-state index contributed by atoms with van der Waals surface area (Å²) in [5, 5.41) is 3.33. The maximum atomic E-state index is 11.7. The zero-order valence-corrected chi connectivity index (χ0v) is 10.7. The van der Waals surface area contributed by atoms with Gasteiger partial charge in [0.25, 0.3) is 0 Å². The summed E-state index contributed by atoms with van der Waals surface area (Å²) in [5.41, 5.74) is 0. The third kappa shape index (κ3) is 4.94. The van der Waals surface area contributed by atoms with Crippen molar-refractivity contribution in [3.8, 4) is 0 Å². The van der Waals surface area contributed by atoms with Gasteiger partial charge in [0.05, 0.1) is 0 Å². The molecule has 94 valence electrons. The number of unbranched alkanes of at least 4 members (excludes halogenated alkanes) is 1. The van der Waals surface area contributed by atoms with E-state index in [2.05, 4.69) is 17.1 Å². The smallest absolute Gasteiger partial charge is 0.222 e. The van der Waals surface area contributed by atoms with Crippen LogP contribution in [0.2, 0.25) is 0 Å². The molecule has 1 aliphatic heterocycles. The number of nitrogens with one attached hydrogen (secondary N) is 1. The molecule has 1 fully saturated rings. The van der Waals surface area contributed by atoms with Crippen molar-refractivity contribution in [2.24, 2.45) is 0 Å². The van der Waals surface area contributed by atoms with Crippen LogP contribution >= 0.6 is 0 Å². The van der Waals surface area contributed by atoms with Gasteiger partial charge in [-0.3, -0.25) is 9.69 Å². The highest BCUT2D eigenvalue weighted by Crippen LogP contribution is 1.99. The molecule has 0 aromatic rings. The van der Waals surface area contributed by atoms with Crippen LogP contribution < -0.4 is 5.32 Å². The fourth-order valence-electron chi connectivity index (χ4n) is 1.87. The molecular weight excluding hydrogens is 202 g/mol. The van der Waals surface area contributed by atoms with E-state index in [-0.39, 0.29) is 5.91 Å². The number of rotatable bonds is 6. The van der Waals surface area contributed by atoms with Gasteiger partial charge in [-0.25, -0.2) is 0 Å². The molecule has 0 saturated carbocycles. The molecular formula is C12H25N3O. The van der Waals surface area contributed by atoms with Crippen LogP contribution in [0.4, 0.5) is 0 Å². The summed E-state index contributed by atoms with van der Waals surface area (Å²) in [5.74, 6) is 0.289. The van der Waals surface area contributed by atoms with Crippen LogP contribution in [0.5, 0.6) is 0 Å². The van der Waals surface area contributed by atoms with E-state index in [1.807, 2.05) is 11.9 Å². The van der Waals surface area contributed by atoms with Gasteiger partial charge < -0.3 is 10.2 Å². The average molecular weight is 227 g/mol. The molecule has 1 heterocycles. The number of nitrogens with zero attached hydrogens (tertiary/aromatic N) is 2. The third-order valence-corrected chi connectivity index (χ3v) is 3.13. The van der Waals surface area contributed by atoms with Gasteiger partial charge in [0.1, 0.15) is 0 Å². The fourth-order valence-corrected chi connectivity index (χ4v) is 1.87. The summed E-state index contributed by atoms with van der Waals surface area (Å²) in [6.45, 7) is 8.36. The lowest BCUT2D eigenvalue weighted by Crippen LogP contribution is -2.46. The van der Waals surface area contributed by atoms with Gasteiger partial charge >= 0.3 is 0 Å². The molecule has 1 amide bonds. The van der Waals surface area contributed by atoms with E-state index >= 15 is 0 Å². The lowest BCUT2D eigenvalue weighted by Gasteiger charge is -2.29. The van der Waals surface area contributed by atoms with Gasteiger partial charge in [0, 0.05) is 52.7 Å². The van der Waals surface area contributed by atoms with Crippen molar-refractivity contribution in [2.45, 2.75) is 26.2 Å². The lowest BCUT2D eigenvalue weighted by molar-refractivity contribution is -0.130. The summed E-state index contributed by atoms with van der Waals surface area (Å²) in [6.07, 6.45) is 2.81. The second-order valence-electron chi connectivity index (χ2n) is 4.51. The van der Waals surface area contributed by atoms with Crippen molar-refractivity contribution in [1.82, 2.24) is 15.1 Å². The normalized spacial score (nSPS) is 17.4. The largest absolute Gasteiger partial charge is 0.344 e. The Morgan fingerprint density at radius 1 is 1.38 bits per heavy atom. The molecule has 0 spiro atoms. The Bertz CT molecular complexity index is 202. The molecule has 4 nitrogen and oxygen atoms in total. The van der Waals surface area contributed by atoms with E-state index in [1.54, 1.807) is 0 Å². The number of hydrogen-bond donors (Lipinski definition) is 1. The predicted octanol–water partition coefficient (Wildman–Crippen LogP) is 0.540. The summed E-state index contributed by atoms with van der Waals surface area (Å²) in [4.78, 5) is 16.0. The number of hydrogen-bond acceptors (Lipinski definition) is 3. The van der Waals surface area contributed by atoms with Crippen molar-refractivity contribution in [3.63, 3.8) is 0 Å². The van der Waals surface area contributed by atoms with Crippen LogP contribution in [0.3, 0.4) is 0 Å². The van der Waals surface area contributed by atoms with E-state index < -0.39 is 0 Å². The van der Waals surface area contributed by atoms with Crippen molar-refractivity contribution in [2.75, 3.05) is 46.3 Å². The summed E-state index contributed by atoms with van der Waals surface area (Å²) < 4.78 is 0. The first-order valence-electron chi connectivity index (χ1n) is 6.41. The molecule has 1 rings (SSSR count). The van der Waals surface area contributed by atoms with Crippen LogP contribution in [0, 0.1) is 0 Å². The van der Waals surface area contributed by atoms with Crippen LogP contribution in [0.25, 0.3) is 0 Å². The predicted molar refractivity (Wildman–Crippen MR) is 66.5 cm³/mol. The van der Waals surface area contributed by atoms with Crippen molar-refractivity contribution in [1.29, 1.82) is 0 Å². The first-order valence-corrected chi connectivity index (χ1v) is 6.41. The zero-order valence-electron chi connectivity index (χ0n) is 10.7. The van der Waals surface area contributed by atoms with Gasteiger partial charge in [-0.05, 0) is 6.42 Å². The Morgan fingerprint density at radius 3 is 2.69 bits per heavy atom. The minimum Gasteiger partial charge on any atom is -0.344 e. The van der Waals surface area contributed by atoms with E-state index in [0.29, 0.717) is 6.42 Å². The lowest BCUT2D eigenvalue weighted by atomic mass is 10.2. The highest BCUT2D eigenvalue weighted by Gasteiger charge is 2.12. The molecule has 0 atom stereocenters. The third-order valence-electron chi connectivity index (χ3n) is 3.13. The van der Waals surface area contributed by atoms with E-state index in [9.17, 15) is 4.79 Å². The second-order valence-corrected chi connectivity index (χ2v) is 4.51. The van der Waals surface area contributed by atoms with Crippen LogP contribution in [0.15, 0.2) is 0 Å². The quantitative estimate of drug-likeness (QED) is 0.719. The van der Waals surface area contributed by atoms with Gasteiger partial charge in [0.15, 0.2) is 0 Å². The minimum absolute atomic E-state index is 0.289. The van der Waals surface area contributed by atoms with Gasteiger partial charge in [0.2, 0.25) is 5.91 Å². The molecule has 1 saturated heterocycles. The van der Waals surface area contributed by atoms with E-state index in [1.165, 1.54) is 0 Å². The average Bonchev–Trinajstić information content (AvgIpc) is 2.34. The number of carbonyl (C=O) groups is 1. The maximum Gasteiger partial charge on any atom is 0.222 e. The highest BCUT2D eigenvalue weighted by molar-refractivity contribution is 5.75. The molecule has 16 heavy (non-hydrogen) atoms. The second kappa shape index (κ2) is 7.63. The van der Waals surface area contributed by atoms with E-state index in [0.717, 1.165) is 52.1 Å². The van der Waals surface area contributed by atoms with Crippen molar-refractivity contribution >= 4 is 5.91 Å². The molecule has 0 aliphatic carbocycles. The molecule has 0 unspecified atom stereocenters. The maximum absolute atomic E-state index is 11.7. The van der Waals surface area contributed by atoms with Crippen molar-refractivity contribution in [3.05, 3.63) is 0 Å². The van der Waals surface area contributed by atoms with E-state index in [4.69, 9.17) is 0 Å². The number of likely N-dealkylation sites (N-methyl/N-ethyl adjacent to an activating group) is 1. The van der Waals surface area contributed by atoms with Gasteiger partial charge in [-0.1, -0.05) is 13.3 Å². The van der Waals surface area contributed by atoms with Crippen LogP contribution in [0.1, 0.15) is 26.2 Å². The first-order chi connectivity index (χ1) is 7.74. The summed E-state index contributed by atoms with van der Waals surface area (Å²) in [6, 6.07) is 0. The Balaban J connectivity index is 2.12. The molecule has 0 bridgehead atoms. The monoisotopic (exact) mass is 227 g/mol. The Kier molecular flexibility index (Phi) is 6.42. The standard InChI is InChI=1S/C12H25N3O/c1-3-4-5-12(16)14(2)10-11-15-8-6-13-7-9-15/h13H,3-11H2,1-2H3. The van der Waals surface area contributed by atoms with Crippen molar-refractivity contribution < 1.29 is 4.79 Å². The van der Waals surface area contributed by atoms with Gasteiger partial charge in [-0.2, -0.15) is 0 Å². The van der Waals surface area contributed by atoms with Crippen LogP contribution in [-0.2, 0) is 4.79 Å². The minimum atomic E-state index is 0.289. The zero-order chi connectivity index (χ0) is 11.8. The molecule has 0 aromatic heterocycles. The topological polar surface area (TPSA) is 35.6 Å². The molecule has 0 aromatic carbocycles. The molecule has 1 N–H and O–H groups in total.